The van der Waals surface area contributed by atoms with Crippen molar-refractivity contribution < 1.29 is 34.7 Å². The van der Waals surface area contributed by atoms with Crippen molar-refractivity contribution in [1.82, 2.24) is 5.32 Å². The fourth-order valence-corrected chi connectivity index (χ4v) is 5.82. The Bertz CT molecular complexity index is 822. The smallest absolute Gasteiger partial charge is 0.255 e. The zero-order valence-corrected chi connectivity index (χ0v) is 16.1. The summed E-state index contributed by atoms with van der Waals surface area (Å²) >= 11 is 0. The lowest BCUT2D eigenvalue weighted by Gasteiger charge is -2.50. The molecule has 5 N–H and O–H groups in total. The number of ether oxygens (including phenoxy) is 2. The van der Waals surface area contributed by atoms with E-state index in [1.165, 1.54) is 6.42 Å². The van der Waals surface area contributed by atoms with Crippen LogP contribution in [0.1, 0.15) is 60.4 Å². The van der Waals surface area contributed by atoms with Crippen molar-refractivity contribution in [3.05, 3.63) is 17.2 Å². The van der Waals surface area contributed by atoms with Crippen LogP contribution in [0.25, 0.3) is 0 Å². The monoisotopic (exact) mass is 405 g/mol. The molecular weight excluding hydrogens is 378 g/mol. The average molecular weight is 405 g/mol. The molecule has 6 atom stereocenters. The third-order valence-electron chi connectivity index (χ3n) is 7.24. The third kappa shape index (κ3) is 2.88. The van der Waals surface area contributed by atoms with Crippen molar-refractivity contribution in [2.24, 2.45) is 11.8 Å². The van der Waals surface area contributed by atoms with Crippen LogP contribution in [0.3, 0.4) is 0 Å². The Balaban J connectivity index is 1.60. The van der Waals surface area contributed by atoms with Gasteiger partial charge in [0.25, 0.3) is 5.91 Å². The van der Waals surface area contributed by atoms with Gasteiger partial charge in [-0.1, -0.05) is 32.1 Å². The number of nitrogens with one attached hydrogen (secondary N) is 1. The van der Waals surface area contributed by atoms with Crippen LogP contribution in [-0.2, 0) is 0 Å². The van der Waals surface area contributed by atoms with Gasteiger partial charge in [-0.3, -0.25) is 4.79 Å². The van der Waals surface area contributed by atoms with Crippen molar-refractivity contribution >= 4 is 5.91 Å². The summed E-state index contributed by atoms with van der Waals surface area (Å²) in [4.78, 5) is 12.8. The van der Waals surface area contributed by atoms with Gasteiger partial charge in [-0.15, -0.1) is 0 Å². The molecule has 1 aromatic carbocycles. The predicted molar refractivity (Wildman–Crippen MR) is 101 cm³/mol. The molecule has 29 heavy (non-hydrogen) atoms. The summed E-state index contributed by atoms with van der Waals surface area (Å²) in [7, 11) is 0. The lowest BCUT2D eigenvalue weighted by Crippen LogP contribution is -2.64. The average Bonchev–Trinajstić information content (AvgIpc) is 3.19. The van der Waals surface area contributed by atoms with Gasteiger partial charge in [0.2, 0.25) is 12.5 Å². The molecule has 158 valence electrons. The molecule has 4 aliphatic rings. The first-order valence-electron chi connectivity index (χ1n) is 10.5. The second kappa shape index (κ2) is 7.04. The predicted octanol–water partition coefficient (Wildman–Crippen LogP) is 0.999. The van der Waals surface area contributed by atoms with Crippen LogP contribution in [0.4, 0.5) is 0 Å². The standard InChI is InChI=1S/C21H27NO7/c23-16-11(6-9-4-2-1-3-5-9)13-10-7-12-20(29-8-28-12)17(24)14(10)21(27)22-15(13)18(25)19(16)26/h7,9,11,13,15-16,18-19,23-26H,1-6,8H2,(H,22,27)/t11-,13+,15-,16+,18+,19-/m1/s1. The lowest BCUT2D eigenvalue weighted by atomic mass is 9.62. The molecule has 0 radical (unpaired) electrons. The Hall–Kier alpha value is -2.03. The molecule has 2 aliphatic heterocycles. The molecule has 0 saturated heterocycles. The van der Waals surface area contributed by atoms with Crippen LogP contribution >= 0.6 is 0 Å². The molecule has 2 saturated carbocycles. The summed E-state index contributed by atoms with van der Waals surface area (Å²) in [6.45, 7) is -0.0447. The number of aliphatic hydroxyl groups is 3. The Morgan fingerprint density at radius 1 is 1.03 bits per heavy atom. The van der Waals surface area contributed by atoms with Gasteiger partial charge in [0.15, 0.2) is 11.5 Å². The maximum Gasteiger partial charge on any atom is 0.255 e. The van der Waals surface area contributed by atoms with E-state index in [2.05, 4.69) is 5.32 Å². The molecule has 2 fully saturated rings. The summed E-state index contributed by atoms with van der Waals surface area (Å²) in [5.41, 5.74) is 0.631. The zero-order valence-electron chi connectivity index (χ0n) is 16.1. The normalized spacial score (nSPS) is 36.3. The molecular formula is C21H27NO7. The Morgan fingerprint density at radius 2 is 1.79 bits per heavy atom. The number of carbonyl (C=O) groups is 1. The summed E-state index contributed by atoms with van der Waals surface area (Å²) in [5.74, 6) is -0.706. The van der Waals surface area contributed by atoms with Crippen LogP contribution in [0, 0.1) is 11.8 Å². The molecule has 8 heteroatoms. The quantitative estimate of drug-likeness (QED) is 0.496. The molecule has 0 bridgehead atoms. The number of phenols is 1. The molecule has 5 rings (SSSR count). The van der Waals surface area contributed by atoms with Gasteiger partial charge in [0.1, 0.15) is 12.2 Å². The molecule has 0 aromatic heterocycles. The minimum Gasteiger partial charge on any atom is -0.504 e. The van der Waals surface area contributed by atoms with E-state index in [9.17, 15) is 25.2 Å². The number of amides is 1. The number of carbonyl (C=O) groups excluding carboxylic acids is 1. The van der Waals surface area contributed by atoms with Gasteiger partial charge >= 0.3 is 0 Å². The van der Waals surface area contributed by atoms with Crippen LogP contribution in [0.5, 0.6) is 17.2 Å². The molecule has 1 aromatic rings. The fourth-order valence-electron chi connectivity index (χ4n) is 5.82. The van der Waals surface area contributed by atoms with Crippen LogP contribution in [0.2, 0.25) is 0 Å². The minimum atomic E-state index is -1.34. The number of benzene rings is 1. The van der Waals surface area contributed by atoms with E-state index in [1.54, 1.807) is 6.07 Å². The van der Waals surface area contributed by atoms with E-state index in [0.717, 1.165) is 25.7 Å². The third-order valence-corrected chi connectivity index (χ3v) is 7.24. The number of aromatic hydroxyl groups is 1. The van der Waals surface area contributed by atoms with Gasteiger partial charge < -0.3 is 35.2 Å². The molecule has 1 amide bonds. The highest BCUT2D eigenvalue weighted by atomic mass is 16.7. The number of phenolic OH excluding ortho intramolecular Hbond substituents is 1. The first kappa shape index (κ1) is 19.0. The minimum absolute atomic E-state index is 0.0447. The summed E-state index contributed by atoms with van der Waals surface area (Å²) in [6, 6.07) is 0.931. The van der Waals surface area contributed by atoms with Gasteiger partial charge in [0, 0.05) is 5.92 Å². The number of fused-ring (bicyclic) bond motifs is 4. The van der Waals surface area contributed by atoms with Crippen molar-refractivity contribution in [1.29, 1.82) is 0 Å². The number of hydrogen-bond acceptors (Lipinski definition) is 7. The lowest BCUT2D eigenvalue weighted by molar-refractivity contribution is -0.135. The first-order chi connectivity index (χ1) is 14.0. The number of aliphatic hydroxyl groups excluding tert-OH is 3. The molecule has 0 spiro atoms. The van der Waals surface area contributed by atoms with Crippen molar-refractivity contribution in [2.45, 2.75) is 68.8 Å². The van der Waals surface area contributed by atoms with E-state index in [4.69, 9.17) is 9.47 Å². The summed E-state index contributed by atoms with van der Waals surface area (Å²) in [5, 5.41) is 45.4. The Kier molecular flexibility index (Phi) is 4.60. The van der Waals surface area contributed by atoms with Crippen molar-refractivity contribution in [2.75, 3.05) is 6.79 Å². The van der Waals surface area contributed by atoms with Crippen molar-refractivity contribution in [3.8, 4) is 17.2 Å². The largest absolute Gasteiger partial charge is 0.504 e. The zero-order chi connectivity index (χ0) is 20.3. The van der Waals surface area contributed by atoms with Gasteiger partial charge in [-0.2, -0.15) is 0 Å². The molecule has 2 aliphatic carbocycles. The topological polar surface area (TPSA) is 128 Å². The van der Waals surface area contributed by atoms with Crippen LogP contribution in [-0.4, -0.2) is 57.5 Å². The van der Waals surface area contributed by atoms with Gasteiger partial charge in [-0.25, -0.2) is 0 Å². The summed E-state index contributed by atoms with van der Waals surface area (Å²) < 4.78 is 10.7. The van der Waals surface area contributed by atoms with E-state index in [-0.39, 0.29) is 29.8 Å². The van der Waals surface area contributed by atoms with Gasteiger partial charge in [0.05, 0.1) is 17.7 Å². The Labute approximate surface area is 168 Å². The number of hydrogen-bond donors (Lipinski definition) is 5. The SMILES string of the molecule is O=C1N[C@H]2[C@H](O)[C@H](O)[C@@H](O)[C@H](CC3CCCCC3)[C@@H]2c2cc3c(c(O)c21)OCO3. The Morgan fingerprint density at radius 3 is 2.55 bits per heavy atom. The van der Waals surface area contributed by atoms with Crippen LogP contribution in [0.15, 0.2) is 6.07 Å². The van der Waals surface area contributed by atoms with Crippen molar-refractivity contribution in [3.63, 3.8) is 0 Å². The number of rotatable bonds is 2. The maximum atomic E-state index is 12.8. The second-order valence-corrected chi connectivity index (χ2v) is 8.82. The van der Waals surface area contributed by atoms with E-state index in [0.29, 0.717) is 23.7 Å². The highest BCUT2D eigenvalue weighted by molar-refractivity contribution is 6.01. The van der Waals surface area contributed by atoms with E-state index >= 15 is 0 Å². The molecule has 0 unspecified atom stereocenters. The molecule has 8 nitrogen and oxygen atoms in total. The highest BCUT2D eigenvalue weighted by Crippen LogP contribution is 2.52. The molecule has 2 heterocycles. The van der Waals surface area contributed by atoms with Crippen LogP contribution < -0.4 is 14.8 Å². The second-order valence-electron chi connectivity index (χ2n) is 8.82. The van der Waals surface area contributed by atoms with E-state index < -0.39 is 36.2 Å². The first-order valence-corrected chi connectivity index (χ1v) is 10.5. The van der Waals surface area contributed by atoms with Gasteiger partial charge in [-0.05, 0) is 29.9 Å². The highest BCUT2D eigenvalue weighted by Gasteiger charge is 2.54. The maximum absolute atomic E-state index is 12.8. The summed E-state index contributed by atoms with van der Waals surface area (Å²) in [6.07, 6.45) is 2.60. The van der Waals surface area contributed by atoms with E-state index in [1.807, 2.05) is 0 Å². The fraction of sp³-hybridized carbons (Fsp3) is 0.667.